The van der Waals surface area contributed by atoms with Crippen LogP contribution in [0.1, 0.15) is 11.3 Å². The zero-order chi connectivity index (χ0) is 14.8. The van der Waals surface area contributed by atoms with Crippen LogP contribution in [0.15, 0.2) is 18.3 Å². The van der Waals surface area contributed by atoms with E-state index in [1.807, 2.05) is 12.1 Å². The standard InChI is InChI=1S/C12H18N4O2S2/c1-20(17,18)16-6-4-15(5-7-16)9-10-2-3-14-11(8-10)12(13)19/h2-3,8H,4-7,9H2,1H3,(H2,13,19). The molecule has 1 aliphatic rings. The Morgan fingerprint density at radius 1 is 1.40 bits per heavy atom. The summed E-state index contributed by atoms with van der Waals surface area (Å²) in [5.74, 6) is 0. The zero-order valence-electron chi connectivity index (χ0n) is 11.3. The summed E-state index contributed by atoms with van der Waals surface area (Å²) in [5, 5.41) is 0. The van der Waals surface area contributed by atoms with Crippen LogP contribution < -0.4 is 5.73 Å². The monoisotopic (exact) mass is 314 g/mol. The predicted molar refractivity (Wildman–Crippen MR) is 81.8 cm³/mol. The Balaban J connectivity index is 1.96. The summed E-state index contributed by atoms with van der Waals surface area (Å²) >= 11 is 4.91. The third kappa shape index (κ3) is 3.95. The van der Waals surface area contributed by atoms with Gasteiger partial charge in [0, 0.05) is 38.9 Å². The van der Waals surface area contributed by atoms with Gasteiger partial charge in [-0.25, -0.2) is 8.42 Å². The summed E-state index contributed by atoms with van der Waals surface area (Å²) in [6.45, 7) is 3.25. The topological polar surface area (TPSA) is 79.5 Å². The van der Waals surface area contributed by atoms with Crippen LogP contribution in [-0.2, 0) is 16.6 Å². The maximum absolute atomic E-state index is 11.4. The van der Waals surface area contributed by atoms with E-state index in [-0.39, 0.29) is 4.99 Å². The van der Waals surface area contributed by atoms with Gasteiger partial charge in [-0.2, -0.15) is 4.31 Å². The number of hydrogen-bond acceptors (Lipinski definition) is 5. The molecule has 1 saturated heterocycles. The molecule has 2 N–H and O–H groups in total. The average molecular weight is 314 g/mol. The van der Waals surface area contributed by atoms with Crippen molar-refractivity contribution in [1.29, 1.82) is 0 Å². The Kier molecular flexibility index (Phi) is 4.69. The van der Waals surface area contributed by atoms with Crippen LogP contribution >= 0.6 is 12.2 Å². The molecule has 1 aliphatic heterocycles. The fourth-order valence-corrected chi connectivity index (χ4v) is 3.12. The van der Waals surface area contributed by atoms with Crippen molar-refractivity contribution in [3.8, 4) is 0 Å². The second-order valence-corrected chi connectivity index (χ2v) is 7.27. The molecule has 0 radical (unpaired) electrons. The number of piperazine rings is 1. The van der Waals surface area contributed by atoms with Crippen molar-refractivity contribution in [2.75, 3.05) is 32.4 Å². The molecule has 0 saturated carbocycles. The van der Waals surface area contributed by atoms with Crippen molar-refractivity contribution in [2.24, 2.45) is 5.73 Å². The van der Waals surface area contributed by atoms with Gasteiger partial charge in [0.1, 0.15) is 4.99 Å². The number of nitrogens with two attached hydrogens (primary N) is 1. The number of thiocarbonyl (C=S) groups is 1. The van der Waals surface area contributed by atoms with Crippen LogP contribution in [0.4, 0.5) is 0 Å². The Bertz CT molecular complexity index is 595. The van der Waals surface area contributed by atoms with Gasteiger partial charge < -0.3 is 5.73 Å². The molecule has 8 heteroatoms. The summed E-state index contributed by atoms with van der Waals surface area (Å²) in [7, 11) is -3.08. The lowest BCUT2D eigenvalue weighted by Gasteiger charge is -2.33. The fraction of sp³-hybridized carbons (Fsp3) is 0.500. The molecule has 1 fully saturated rings. The molecule has 0 unspecified atom stereocenters. The third-order valence-electron chi connectivity index (χ3n) is 3.28. The minimum atomic E-state index is -3.08. The highest BCUT2D eigenvalue weighted by atomic mass is 32.2. The Morgan fingerprint density at radius 3 is 2.60 bits per heavy atom. The van der Waals surface area contributed by atoms with E-state index in [9.17, 15) is 8.42 Å². The number of hydrogen-bond donors (Lipinski definition) is 1. The summed E-state index contributed by atoms with van der Waals surface area (Å²) in [6, 6.07) is 3.80. The van der Waals surface area contributed by atoms with E-state index in [0.29, 0.717) is 18.8 Å². The lowest BCUT2D eigenvalue weighted by Crippen LogP contribution is -2.47. The molecule has 0 amide bonds. The maximum Gasteiger partial charge on any atom is 0.211 e. The highest BCUT2D eigenvalue weighted by Gasteiger charge is 2.23. The van der Waals surface area contributed by atoms with E-state index in [1.165, 1.54) is 10.6 Å². The van der Waals surface area contributed by atoms with Crippen molar-refractivity contribution in [3.05, 3.63) is 29.6 Å². The number of rotatable bonds is 4. The molecule has 0 spiro atoms. The first-order valence-corrected chi connectivity index (χ1v) is 8.54. The molecule has 0 atom stereocenters. The second-order valence-electron chi connectivity index (χ2n) is 4.85. The molecular weight excluding hydrogens is 296 g/mol. The molecule has 2 rings (SSSR count). The summed E-state index contributed by atoms with van der Waals surface area (Å²) in [5.41, 5.74) is 7.26. The van der Waals surface area contributed by atoms with Gasteiger partial charge in [-0.15, -0.1) is 0 Å². The average Bonchev–Trinajstić information content (AvgIpc) is 2.38. The van der Waals surface area contributed by atoms with E-state index in [4.69, 9.17) is 18.0 Å². The summed E-state index contributed by atoms with van der Waals surface area (Å²) in [4.78, 5) is 6.60. The Hall–Kier alpha value is -1.09. The van der Waals surface area contributed by atoms with Crippen LogP contribution in [0.2, 0.25) is 0 Å². The lowest BCUT2D eigenvalue weighted by molar-refractivity contribution is 0.182. The van der Waals surface area contributed by atoms with Crippen molar-refractivity contribution in [3.63, 3.8) is 0 Å². The quantitative estimate of drug-likeness (QED) is 0.775. The van der Waals surface area contributed by atoms with Crippen molar-refractivity contribution in [1.82, 2.24) is 14.2 Å². The van der Waals surface area contributed by atoms with Gasteiger partial charge >= 0.3 is 0 Å². The first-order valence-electron chi connectivity index (χ1n) is 6.28. The van der Waals surface area contributed by atoms with E-state index >= 15 is 0 Å². The summed E-state index contributed by atoms with van der Waals surface area (Å²) < 4.78 is 24.4. The number of sulfonamides is 1. The third-order valence-corrected chi connectivity index (χ3v) is 4.80. The van der Waals surface area contributed by atoms with Crippen LogP contribution in [0.25, 0.3) is 0 Å². The second kappa shape index (κ2) is 6.13. The molecule has 2 heterocycles. The van der Waals surface area contributed by atoms with Gasteiger partial charge in [0.05, 0.1) is 11.9 Å². The largest absolute Gasteiger partial charge is 0.388 e. The van der Waals surface area contributed by atoms with E-state index in [2.05, 4.69) is 9.88 Å². The highest BCUT2D eigenvalue weighted by molar-refractivity contribution is 7.88. The first kappa shape index (κ1) is 15.3. The van der Waals surface area contributed by atoms with Crippen LogP contribution in [0.5, 0.6) is 0 Å². The first-order chi connectivity index (χ1) is 9.36. The normalized spacial score (nSPS) is 18.1. The van der Waals surface area contributed by atoms with Gasteiger partial charge in [-0.05, 0) is 17.7 Å². The molecule has 0 bridgehead atoms. The fourth-order valence-electron chi connectivity index (χ4n) is 2.18. The number of aromatic nitrogens is 1. The van der Waals surface area contributed by atoms with Crippen molar-refractivity contribution >= 4 is 27.2 Å². The Labute approximate surface area is 124 Å². The SMILES string of the molecule is CS(=O)(=O)N1CCN(Cc2ccnc(C(N)=S)c2)CC1. The lowest BCUT2D eigenvalue weighted by atomic mass is 10.2. The molecule has 6 nitrogen and oxygen atoms in total. The minimum absolute atomic E-state index is 0.286. The smallest absolute Gasteiger partial charge is 0.211 e. The van der Waals surface area contributed by atoms with Gasteiger partial charge in [-0.1, -0.05) is 12.2 Å². The Morgan fingerprint density at radius 2 is 2.05 bits per heavy atom. The summed E-state index contributed by atoms with van der Waals surface area (Å²) in [6.07, 6.45) is 2.94. The van der Waals surface area contributed by atoms with E-state index in [1.54, 1.807) is 6.20 Å². The van der Waals surface area contributed by atoms with Gasteiger partial charge in [0.2, 0.25) is 10.0 Å². The van der Waals surface area contributed by atoms with Gasteiger partial charge in [-0.3, -0.25) is 9.88 Å². The van der Waals surface area contributed by atoms with Crippen molar-refractivity contribution in [2.45, 2.75) is 6.54 Å². The molecule has 1 aromatic heterocycles. The zero-order valence-corrected chi connectivity index (χ0v) is 13.0. The minimum Gasteiger partial charge on any atom is -0.388 e. The molecular formula is C12H18N4O2S2. The van der Waals surface area contributed by atoms with Gasteiger partial charge in [0.25, 0.3) is 0 Å². The molecule has 0 aliphatic carbocycles. The predicted octanol–water partition coefficient (Wildman–Crippen LogP) is -0.207. The van der Waals surface area contributed by atoms with Crippen LogP contribution in [0.3, 0.4) is 0 Å². The van der Waals surface area contributed by atoms with Crippen LogP contribution in [-0.4, -0.2) is 60.0 Å². The van der Waals surface area contributed by atoms with E-state index < -0.39 is 10.0 Å². The number of pyridine rings is 1. The molecule has 0 aromatic carbocycles. The number of nitrogens with zero attached hydrogens (tertiary/aromatic N) is 3. The van der Waals surface area contributed by atoms with Crippen molar-refractivity contribution < 1.29 is 8.42 Å². The maximum atomic E-state index is 11.4. The molecule has 1 aromatic rings. The van der Waals surface area contributed by atoms with Crippen LogP contribution in [0, 0.1) is 0 Å². The van der Waals surface area contributed by atoms with Gasteiger partial charge in [0.15, 0.2) is 0 Å². The van der Waals surface area contributed by atoms with E-state index in [0.717, 1.165) is 25.2 Å². The highest BCUT2D eigenvalue weighted by Crippen LogP contribution is 2.11. The molecule has 20 heavy (non-hydrogen) atoms. The molecule has 110 valence electrons.